The molecule has 9 heteroatoms. The molecule has 1 amide bonds. The largest absolute Gasteiger partial charge is 0.481 e. The second-order valence-corrected chi connectivity index (χ2v) is 9.00. The maximum atomic E-state index is 13.3. The average Bonchev–Trinajstić information content (AvgIpc) is 3.18. The molecule has 0 atom stereocenters. The van der Waals surface area contributed by atoms with Crippen molar-refractivity contribution < 1.29 is 14.7 Å². The Morgan fingerprint density at radius 3 is 2.40 bits per heavy atom. The monoisotopic (exact) mass is 487 g/mol. The van der Waals surface area contributed by atoms with Crippen LogP contribution >= 0.6 is 11.8 Å². The normalized spacial score (nSPS) is 10.9. The number of fused-ring (bicyclic) bond motifs is 1. The minimum Gasteiger partial charge on any atom is -0.481 e. The van der Waals surface area contributed by atoms with E-state index in [1.165, 1.54) is 4.90 Å². The van der Waals surface area contributed by atoms with Gasteiger partial charge in [0.1, 0.15) is 11.7 Å². The molecule has 0 aliphatic carbocycles. The molecule has 0 unspecified atom stereocenters. The summed E-state index contributed by atoms with van der Waals surface area (Å²) in [6, 6.07) is 21.9. The minimum atomic E-state index is -0.961. The first-order chi connectivity index (χ1) is 16.8. The van der Waals surface area contributed by atoms with Crippen molar-refractivity contribution in [1.29, 1.82) is 5.41 Å². The van der Waals surface area contributed by atoms with Gasteiger partial charge in [0.25, 0.3) is 5.91 Å². The van der Waals surface area contributed by atoms with Gasteiger partial charge in [-0.1, -0.05) is 30.3 Å². The predicted octanol–water partition coefficient (Wildman–Crippen LogP) is 4.27. The number of carboxylic acid groups (broad SMARTS) is 1. The average molecular weight is 488 g/mol. The Bertz CT molecular complexity index is 1380. The van der Waals surface area contributed by atoms with Crippen LogP contribution < -0.4 is 10.6 Å². The SMILES string of the molecule is Cn1c(CSc2ccc(C(=N)N)cc2)nc2cc(C(=O)N(CCC(=O)O)c3ccccc3)ccc21. The summed E-state index contributed by atoms with van der Waals surface area (Å²) in [6.45, 7) is 0.0722. The highest BCUT2D eigenvalue weighted by Gasteiger charge is 2.20. The number of aryl methyl sites for hydroxylation is 1. The van der Waals surface area contributed by atoms with Gasteiger partial charge in [-0.25, -0.2) is 4.98 Å². The van der Waals surface area contributed by atoms with Crippen LogP contribution in [0.1, 0.15) is 28.2 Å². The molecule has 0 spiro atoms. The number of aromatic nitrogens is 2. The quantitative estimate of drug-likeness (QED) is 0.184. The van der Waals surface area contributed by atoms with E-state index in [1.807, 2.05) is 60.1 Å². The van der Waals surface area contributed by atoms with Gasteiger partial charge in [0.15, 0.2) is 0 Å². The first-order valence-electron chi connectivity index (χ1n) is 10.9. The summed E-state index contributed by atoms with van der Waals surface area (Å²) in [6.07, 6.45) is -0.152. The van der Waals surface area contributed by atoms with Crippen LogP contribution in [0.25, 0.3) is 11.0 Å². The molecule has 0 aliphatic heterocycles. The molecule has 0 bridgehead atoms. The second kappa shape index (κ2) is 10.4. The zero-order valence-electron chi connectivity index (χ0n) is 19.1. The molecular formula is C26H25N5O3S. The van der Waals surface area contributed by atoms with Crippen molar-refractivity contribution in [3.8, 4) is 0 Å². The van der Waals surface area contributed by atoms with Gasteiger partial charge in [0.2, 0.25) is 0 Å². The molecule has 178 valence electrons. The number of nitrogen functional groups attached to an aromatic ring is 1. The molecule has 1 heterocycles. The fraction of sp³-hybridized carbons (Fsp3) is 0.154. The zero-order chi connectivity index (χ0) is 24.9. The lowest BCUT2D eigenvalue weighted by molar-refractivity contribution is -0.136. The molecular weight excluding hydrogens is 462 g/mol. The molecule has 0 fully saturated rings. The van der Waals surface area contributed by atoms with Gasteiger partial charge >= 0.3 is 5.97 Å². The molecule has 8 nitrogen and oxygen atoms in total. The first kappa shape index (κ1) is 24.0. The van der Waals surface area contributed by atoms with Gasteiger partial charge in [-0.15, -0.1) is 11.8 Å². The Morgan fingerprint density at radius 1 is 1.06 bits per heavy atom. The van der Waals surface area contributed by atoms with Crippen molar-refractivity contribution in [1.82, 2.24) is 9.55 Å². The van der Waals surface area contributed by atoms with Crippen LogP contribution in [0.4, 0.5) is 5.69 Å². The molecule has 0 aliphatic rings. The summed E-state index contributed by atoms with van der Waals surface area (Å²) in [4.78, 5) is 31.8. The molecule has 4 N–H and O–H groups in total. The van der Waals surface area contributed by atoms with Crippen LogP contribution in [0.2, 0.25) is 0 Å². The highest BCUT2D eigenvalue weighted by atomic mass is 32.2. The number of hydrogen-bond donors (Lipinski definition) is 3. The Kier molecular flexibility index (Phi) is 7.17. The summed E-state index contributed by atoms with van der Waals surface area (Å²) in [5.74, 6) is 0.290. The molecule has 3 aromatic carbocycles. The fourth-order valence-corrected chi connectivity index (χ4v) is 4.59. The Hall–Kier alpha value is -4.11. The highest BCUT2D eigenvalue weighted by Crippen LogP contribution is 2.26. The number of thioether (sulfide) groups is 1. The van der Waals surface area contributed by atoms with Crippen LogP contribution in [0.15, 0.2) is 77.7 Å². The van der Waals surface area contributed by atoms with Gasteiger partial charge < -0.3 is 20.3 Å². The molecule has 4 rings (SSSR count). The number of hydrogen-bond acceptors (Lipinski definition) is 5. The summed E-state index contributed by atoms with van der Waals surface area (Å²) in [5, 5.41) is 16.6. The maximum absolute atomic E-state index is 13.3. The van der Waals surface area contributed by atoms with Crippen molar-refractivity contribution >= 4 is 46.2 Å². The van der Waals surface area contributed by atoms with Crippen molar-refractivity contribution in [3.63, 3.8) is 0 Å². The number of amidine groups is 1. The second-order valence-electron chi connectivity index (χ2n) is 7.95. The molecule has 35 heavy (non-hydrogen) atoms. The number of aliphatic carboxylic acids is 1. The minimum absolute atomic E-state index is 0.0380. The number of anilines is 1. The van der Waals surface area contributed by atoms with E-state index in [-0.39, 0.29) is 24.7 Å². The van der Waals surface area contributed by atoms with Gasteiger partial charge in [0.05, 0.1) is 23.2 Å². The van der Waals surface area contributed by atoms with E-state index in [1.54, 1.807) is 36.0 Å². The van der Waals surface area contributed by atoms with Gasteiger partial charge in [-0.2, -0.15) is 0 Å². The standard InChI is InChI=1S/C26H25N5O3S/c1-30-22-12-9-18(26(34)31(14-13-24(32)33)19-5-3-2-4-6-19)15-21(22)29-23(30)16-35-20-10-7-17(8-11-20)25(27)28/h2-12,15H,13-14,16H2,1H3,(H3,27,28)(H,32,33). The number of carbonyl (C=O) groups excluding carboxylic acids is 1. The van der Waals surface area contributed by atoms with Crippen LogP contribution in [0, 0.1) is 5.41 Å². The Balaban J connectivity index is 1.56. The number of benzene rings is 3. The van der Waals surface area contributed by atoms with Crippen LogP contribution in [-0.2, 0) is 17.6 Å². The molecule has 1 aromatic heterocycles. The summed E-state index contributed by atoms with van der Waals surface area (Å²) < 4.78 is 2.00. The van der Waals surface area contributed by atoms with E-state index in [2.05, 4.69) is 0 Å². The van der Waals surface area contributed by atoms with E-state index >= 15 is 0 Å². The van der Waals surface area contributed by atoms with Crippen LogP contribution in [-0.4, -0.2) is 38.9 Å². The fourth-order valence-electron chi connectivity index (χ4n) is 3.71. The summed E-state index contributed by atoms with van der Waals surface area (Å²) in [5.41, 5.74) is 8.90. The number of para-hydroxylation sites is 1. The van der Waals surface area contributed by atoms with E-state index in [0.29, 0.717) is 28.1 Å². The Morgan fingerprint density at radius 2 is 1.74 bits per heavy atom. The van der Waals surface area contributed by atoms with Gasteiger partial charge in [0, 0.05) is 35.3 Å². The van der Waals surface area contributed by atoms with Gasteiger partial charge in [-0.3, -0.25) is 15.0 Å². The lowest BCUT2D eigenvalue weighted by Crippen LogP contribution is -2.33. The van der Waals surface area contributed by atoms with Crippen LogP contribution in [0.3, 0.4) is 0 Å². The number of carboxylic acids is 1. The van der Waals surface area contributed by atoms with E-state index in [0.717, 1.165) is 16.2 Å². The number of nitrogens with two attached hydrogens (primary N) is 1. The highest BCUT2D eigenvalue weighted by molar-refractivity contribution is 7.98. The van der Waals surface area contributed by atoms with Crippen molar-refractivity contribution in [2.75, 3.05) is 11.4 Å². The number of imidazole rings is 1. The third-order valence-corrected chi connectivity index (χ3v) is 6.62. The van der Waals surface area contributed by atoms with Crippen molar-refractivity contribution in [2.24, 2.45) is 12.8 Å². The van der Waals surface area contributed by atoms with Gasteiger partial charge in [-0.05, 0) is 42.5 Å². The third kappa shape index (κ3) is 5.52. The number of amides is 1. The molecule has 4 aromatic rings. The third-order valence-electron chi connectivity index (χ3n) is 5.62. The first-order valence-corrected chi connectivity index (χ1v) is 11.9. The molecule has 0 saturated carbocycles. The van der Waals surface area contributed by atoms with E-state index < -0.39 is 5.97 Å². The smallest absolute Gasteiger partial charge is 0.305 e. The topological polar surface area (TPSA) is 125 Å². The number of nitrogens with zero attached hydrogens (tertiary/aromatic N) is 3. The molecule has 0 radical (unpaired) electrons. The van der Waals surface area contributed by atoms with E-state index in [4.69, 9.17) is 21.2 Å². The Labute approximate surface area is 206 Å². The number of nitrogens with one attached hydrogen (secondary N) is 1. The van der Waals surface area contributed by atoms with E-state index in [9.17, 15) is 9.59 Å². The van der Waals surface area contributed by atoms with Crippen molar-refractivity contribution in [2.45, 2.75) is 17.1 Å². The van der Waals surface area contributed by atoms with Crippen LogP contribution in [0.5, 0.6) is 0 Å². The molecule has 0 saturated heterocycles. The number of rotatable bonds is 9. The van der Waals surface area contributed by atoms with Crippen molar-refractivity contribution in [3.05, 3.63) is 89.7 Å². The summed E-state index contributed by atoms with van der Waals surface area (Å²) in [7, 11) is 1.94. The predicted molar refractivity (Wildman–Crippen MR) is 138 cm³/mol. The summed E-state index contributed by atoms with van der Waals surface area (Å²) >= 11 is 1.62. The lowest BCUT2D eigenvalue weighted by Gasteiger charge is -2.22. The zero-order valence-corrected chi connectivity index (χ0v) is 20.0. The lowest BCUT2D eigenvalue weighted by atomic mass is 10.1. The maximum Gasteiger partial charge on any atom is 0.305 e. The number of carbonyl (C=O) groups is 2.